The lowest BCUT2D eigenvalue weighted by molar-refractivity contribution is 0.0597. The number of unbranched alkanes of at least 4 members (excludes halogenated alkanes) is 5. The number of hydrogen-bond acceptors (Lipinski definition) is 11. The van der Waals surface area contributed by atoms with E-state index in [1.807, 2.05) is 43.3 Å². The SMILES string of the molecule is CCC(CCCCCN=[N+]=[N-])OC(=O)N(C)Cc1ccc(C2=C3CCNC(=O)c4cc(F)cc(c43)C2)cc1.CCCCCCC(CC)OC(=O)N(C)Cc1ccc(C2=C3CCNC(=O)c4cc(F)cc(c43)C2)cc1.O=S=O.O=S=O. The molecule has 80 heavy (non-hydrogen) atoms. The molecular weight excluding hydrogens is 1070 g/mol. The Morgan fingerprint density at radius 3 is 1.40 bits per heavy atom. The minimum absolute atomic E-state index is 0.0349. The molecule has 0 radical (unpaired) electrons. The number of amides is 4. The second-order valence-electron chi connectivity index (χ2n) is 20.0. The largest absolute Gasteiger partial charge is 0.446 e. The van der Waals surface area contributed by atoms with Crippen LogP contribution in [-0.4, -0.2) is 96.6 Å². The Hall–Kier alpha value is -7.35. The van der Waals surface area contributed by atoms with Crippen molar-refractivity contribution in [2.45, 2.75) is 142 Å². The average molecular weight is 1140 g/mol. The zero-order chi connectivity index (χ0) is 58.1. The van der Waals surface area contributed by atoms with Crippen molar-refractivity contribution in [3.63, 3.8) is 0 Å². The molecule has 4 aromatic rings. The van der Waals surface area contributed by atoms with E-state index in [2.05, 4.69) is 46.6 Å². The zero-order valence-electron chi connectivity index (χ0n) is 46.1. The number of nitrogens with zero attached hydrogens (tertiary/aromatic N) is 5. The lowest BCUT2D eigenvalue weighted by Gasteiger charge is -2.22. The van der Waals surface area contributed by atoms with E-state index in [-0.39, 0.29) is 42.0 Å². The highest BCUT2D eigenvalue weighted by molar-refractivity contribution is 7.52. The monoisotopic (exact) mass is 1140 g/mol. The molecular formula is C59H71F2N7O10S2. The van der Waals surface area contributed by atoms with Gasteiger partial charge in [-0.15, -0.1) is 0 Å². The standard InChI is InChI=1S/C30H37FN2O3.C29H34FN5O3.2O2S/c1-4-6-7-8-9-24(5-2)36-30(35)33(3)19-20-10-12-21(13-11-20)26-17-22-16-23(31)18-27-28(22)25(26)14-15-32-29(27)34;1-3-23(7-5-4-6-13-33-34-31)38-29(37)35(2)18-19-8-10-20(11-9-19)25-16-21-15-22(30)17-26-27(21)24(25)12-14-32-28(26)36;2*1-3-2/h10-13,16,18,24H,4-9,14-15,17,19H2,1-3H3,(H,32,34);8-11,15,17,23H,3-7,12-14,16,18H2,1-2H3,(H,32,36);;. The molecule has 0 aromatic heterocycles. The first-order valence-corrected chi connectivity index (χ1v) is 28.5. The molecule has 0 saturated heterocycles. The first-order chi connectivity index (χ1) is 38.6. The fourth-order valence-electron chi connectivity index (χ4n) is 10.5. The van der Waals surface area contributed by atoms with Gasteiger partial charge in [-0.3, -0.25) is 9.59 Å². The predicted molar refractivity (Wildman–Crippen MR) is 304 cm³/mol. The molecule has 0 bridgehead atoms. The summed E-state index contributed by atoms with van der Waals surface area (Å²) in [5.41, 5.74) is 21.3. The number of carbonyl (C=O) groups is 4. The Morgan fingerprint density at radius 2 is 1.02 bits per heavy atom. The molecule has 0 fully saturated rings. The van der Waals surface area contributed by atoms with Crippen LogP contribution < -0.4 is 10.6 Å². The predicted octanol–water partition coefficient (Wildman–Crippen LogP) is 12.0. The molecule has 17 nitrogen and oxygen atoms in total. The maximum Gasteiger partial charge on any atom is 0.410 e. The molecule has 4 amide bonds. The summed E-state index contributed by atoms with van der Waals surface area (Å²) in [7, 11) is 3.50. The second-order valence-corrected chi connectivity index (χ2v) is 20.2. The number of azide groups is 1. The first-order valence-electron chi connectivity index (χ1n) is 27.2. The van der Waals surface area contributed by atoms with Gasteiger partial charge in [0.25, 0.3) is 11.8 Å². The number of allylic oxidation sites excluding steroid dienone is 2. The molecule has 2 aliphatic carbocycles. The third-order valence-corrected chi connectivity index (χ3v) is 14.5. The van der Waals surface area contributed by atoms with Crippen molar-refractivity contribution >= 4 is 69.4 Å². The summed E-state index contributed by atoms with van der Waals surface area (Å²) in [4.78, 5) is 56.2. The highest BCUT2D eigenvalue weighted by Crippen LogP contribution is 2.45. The van der Waals surface area contributed by atoms with Crippen molar-refractivity contribution < 1.29 is 54.3 Å². The fraction of sp³-hybridized carbons (Fsp3) is 0.458. The van der Waals surface area contributed by atoms with Gasteiger partial charge in [-0.2, -0.15) is 16.8 Å². The van der Waals surface area contributed by atoms with Crippen LogP contribution in [0.4, 0.5) is 18.4 Å². The molecule has 8 rings (SSSR count). The molecule has 2 atom stereocenters. The van der Waals surface area contributed by atoms with Crippen molar-refractivity contribution in [2.75, 3.05) is 33.7 Å². The van der Waals surface area contributed by atoms with Crippen LogP contribution >= 0.6 is 0 Å². The van der Waals surface area contributed by atoms with Crippen LogP contribution in [0.1, 0.15) is 169 Å². The number of hydrogen-bond donors (Lipinski definition) is 2. The normalized spacial score (nSPS) is 14.2. The number of nitrogens with one attached hydrogen (secondary N) is 2. The maximum atomic E-state index is 14.2. The van der Waals surface area contributed by atoms with E-state index in [1.165, 1.54) is 37.5 Å². The van der Waals surface area contributed by atoms with E-state index in [1.54, 1.807) is 30.0 Å². The minimum atomic E-state index is -0.750. The smallest absolute Gasteiger partial charge is 0.410 e. The maximum absolute atomic E-state index is 14.2. The van der Waals surface area contributed by atoms with Crippen LogP contribution in [-0.2, 0) is 58.5 Å². The highest BCUT2D eigenvalue weighted by Gasteiger charge is 2.32. The molecule has 0 saturated carbocycles. The van der Waals surface area contributed by atoms with Gasteiger partial charge >= 0.3 is 35.3 Å². The van der Waals surface area contributed by atoms with E-state index in [0.717, 1.165) is 125 Å². The Balaban J connectivity index is 0.000000268. The highest BCUT2D eigenvalue weighted by atomic mass is 32.1. The van der Waals surface area contributed by atoms with E-state index < -0.39 is 29.0 Å². The molecule has 2 aliphatic heterocycles. The molecule has 4 aromatic carbocycles. The first kappa shape index (κ1) is 63.5. The molecule has 428 valence electrons. The molecule has 2 unspecified atom stereocenters. The van der Waals surface area contributed by atoms with Gasteiger partial charge in [-0.25, -0.2) is 18.4 Å². The van der Waals surface area contributed by atoms with Crippen LogP contribution in [0, 0.1) is 11.6 Å². The van der Waals surface area contributed by atoms with Crippen LogP contribution in [0.5, 0.6) is 0 Å². The number of rotatable bonds is 21. The number of ether oxygens (including phenoxy) is 2. The summed E-state index contributed by atoms with van der Waals surface area (Å²) in [6, 6.07) is 22.0. The Bertz CT molecular complexity index is 3000. The summed E-state index contributed by atoms with van der Waals surface area (Å²) < 4.78 is 73.0. The summed E-state index contributed by atoms with van der Waals surface area (Å²) in [6.07, 6.45) is 12.5. The molecule has 4 aliphatic rings. The minimum Gasteiger partial charge on any atom is -0.446 e. The third kappa shape index (κ3) is 17.8. The van der Waals surface area contributed by atoms with E-state index in [4.69, 9.17) is 31.8 Å². The van der Waals surface area contributed by atoms with Gasteiger partial charge < -0.3 is 29.9 Å². The Kier molecular flexibility index (Phi) is 25.9. The summed E-state index contributed by atoms with van der Waals surface area (Å²) in [6.45, 7) is 8.69. The van der Waals surface area contributed by atoms with Gasteiger partial charge in [0.2, 0.25) is 0 Å². The Labute approximate surface area is 473 Å². The van der Waals surface area contributed by atoms with Gasteiger partial charge in [-0.05, 0) is 167 Å². The summed E-state index contributed by atoms with van der Waals surface area (Å²) >= 11 is -1.50. The quantitative estimate of drug-likeness (QED) is 0.0346. The van der Waals surface area contributed by atoms with Crippen LogP contribution in [0.2, 0.25) is 0 Å². The third-order valence-electron chi connectivity index (χ3n) is 14.5. The lowest BCUT2D eigenvalue weighted by Crippen LogP contribution is -2.30. The summed E-state index contributed by atoms with van der Waals surface area (Å²) in [5.74, 6) is -1.20. The van der Waals surface area contributed by atoms with Crippen molar-refractivity contribution in [1.29, 1.82) is 0 Å². The number of carbonyl (C=O) groups excluding carboxylic acids is 4. The average Bonchev–Trinajstić information content (AvgIpc) is 4.12. The van der Waals surface area contributed by atoms with Crippen molar-refractivity contribution in [3.05, 3.63) is 151 Å². The van der Waals surface area contributed by atoms with Gasteiger partial charge in [0, 0.05) is 51.7 Å². The van der Waals surface area contributed by atoms with Crippen LogP contribution in [0.3, 0.4) is 0 Å². The van der Waals surface area contributed by atoms with E-state index >= 15 is 0 Å². The van der Waals surface area contributed by atoms with Gasteiger partial charge in [-0.1, -0.05) is 100 Å². The van der Waals surface area contributed by atoms with Gasteiger partial charge in [0.15, 0.2) is 0 Å². The molecule has 0 spiro atoms. The molecule has 2 heterocycles. The van der Waals surface area contributed by atoms with Crippen molar-refractivity contribution in [3.8, 4) is 0 Å². The van der Waals surface area contributed by atoms with Crippen LogP contribution in [0.25, 0.3) is 32.7 Å². The lowest BCUT2D eigenvalue weighted by atomic mass is 9.95. The topological polar surface area (TPSA) is 234 Å². The second kappa shape index (κ2) is 32.7. The van der Waals surface area contributed by atoms with Crippen molar-refractivity contribution in [2.24, 2.45) is 5.11 Å². The van der Waals surface area contributed by atoms with Gasteiger partial charge in [0.05, 0.1) is 11.1 Å². The van der Waals surface area contributed by atoms with Crippen molar-refractivity contribution in [1.82, 2.24) is 20.4 Å². The zero-order valence-corrected chi connectivity index (χ0v) is 47.7. The van der Waals surface area contributed by atoms with Crippen LogP contribution in [0.15, 0.2) is 77.9 Å². The number of benzene rings is 4. The van der Waals surface area contributed by atoms with E-state index in [9.17, 15) is 28.0 Å². The van der Waals surface area contributed by atoms with E-state index in [0.29, 0.717) is 63.1 Å². The Morgan fingerprint density at radius 1 is 0.625 bits per heavy atom. The fourth-order valence-corrected chi connectivity index (χ4v) is 10.5. The molecule has 2 N–H and O–H groups in total. The molecule has 21 heteroatoms. The number of halogens is 2. The summed E-state index contributed by atoms with van der Waals surface area (Å²) in [5, 5.41) is 9.28. The van der Waals surface area contributed by atoms with Gasteiger partial charge in [0.1, 0.15) is 23.8 Å².